The van der Waals surface area contributed by atoms with Crippen molar-refractivity contribution >= 4 is 27.9 Å². The number of anilines is 1. The van der Waals surface area contributed by atoms with E-state index in [1.54, 1.807) is 29.7 Å². The predicted octanol–water partition coefficient (Wildman–Crippen LogP) is 3.32. The van der Waals surface area contributed by atoms with Gasteiger partial charge in [-0.15, -0.1) is 11.3 Å². The van der Waals surface area contributed by atoms with E-state index in [1.807, 2.05) is 24.4 Å². The van der Waals surface area contributed by atoms with Crippen LogP contribution in [0.1, 0.15) is 10.7 Å². The molecule has 4 nitrogen and oxygen atoms in total. The molecule has 0 spiro atoms. The molecule has 0 saturated heterocycles. The van der Waals surface area contributed by atoms with Crippen LogP contribution >= 0.6 is 11.3 Å². The van der Waals surface area contributed by atoms with Gasteiger partial charge in [0.25, 0.3) is 0 Å². The van der Waals surface area contributed by atoms with Crippen LogP contribution in [0.2, 0.25) is 0 Å². The zero-order valence-corrected chi connectivity index (χ0v) is 11.2. The van der Waals surface area contributed by atoms with Crippen LogP contribution in [0.5, 0.6) is 5.75 Å². The van der Waals surface area contributed by atoms with Crippen molar-refractivity contribution in [3.05, 3.63) is 46.5 Å². The number of aryl methyl sites for hydroxylation is 1. The molecule has 2 N–H and O–H groups in total. The number of phenols is 1. The Labute approximate surface area is 114 Å². The minimum absolute atomic E-state index is 0.244. The molecule has 0 aliphatic rings. The third kappa shape index (κ3) is 2.51. The lowest BCUT2D eigenvalue weighted by molar-refractivity contribution is 0.476. The third-order valence-electron chi connectivity index (χ3n) is 2.85. The Morgan fingerprint density at radius 3 is 3.00 bits per heavy atom. The van der Waals surface area contributed by atoms with Gasteiger partial charge >= 0.3 is 0 Å². The van der Waals surface area contributed by atoms with E-state index in [9.17, 15) is 5.11 Å². The molecule has 96 valence electrons. The van der Waals surface area contributed by atoms with Gasteiger partial charge in [0.2, 0.25) is 0 Å². The molecule has 0 bridgehead atoms. The lowest BCUT2D eigenvalue weighted by atomic mass is 10.1. The molecule has 0 aliphatic carbocycles. The molecular weight excluding hydrogens is 258 g/mol. The highest BCUT2D eigenvalue weighted by Crippen LogP contribution is 2.25. The number of hydrogen-bond donors (Lipinski definition) is 2. The maximum atomic E-state index is 9.58. The van der Waals surface area contributed by atoms with E-state index >= 15 is 0 Å². The largest absolute Gasteiger partial charge is 0.508 e. The van der Waals surface area contributed by atoms with Crippen molar-refractivity contribution in [2.45, 2.75) is 13.5 Å². The van der Waals surface area contributed by atoms with Gasteiger partial charge in [-0.05, 0) is 30.5 Å². The highest BCUT2D eigenvalue weighted by molar-refractivity contribution is 7.09. The molecule has 19 heavy (non-hydrogen) atoms. The van der Waals surface area contributed by atoms with Crippen LogP contribution < -0.4 is 5.32 Å². The van der Waals surface area contributed by atoms with E-state index in [2.05, 4.69) is 15.3 Å². The van der Waals surface area contributed by atoms with Gasteiger partial charge in [0, 0.05) is 17.0 Å². The van der Waals surface area contributed by atoms with Gasteiger partial charge in [-0.25, -0.2) is 9.97 Å². The average molecular weight is 271 g/mol. The van der Waals surface area contributed by atoms with Crippen molar-refractivity contribution in [3.63, 3.8) is 0 Å². The molecule has 0 atom stereocenters. The number of aromatic hydroxyl groups is 1. The average Bonchev–Trinajstić information content (AvgIpc) is 2.82. The second kappa shape index (κ2) is 4.85. The zero-order chi connectivity index (χ0) is 13.2. The van der Waals surface area contributed by atoms with Gasteiger partial charge in [0.05, 0.1) is 17.2 Å². The first-order valence-electron chi connectivity index (χ1n) is 5.95. The standard InChI is InChI=1S/C14H13N3OS/c1-9-17-11(8-19-9)7-16-14-13-6-12(18)3-2-10(13)4-5-15-14/h2-6,8,18H,7H2,1H3,(H,15,16). The van der Waals surface area contributed by atoms with Crippen LogP contribution in [-0.2, 0) is 6.54 Å². The molecule has 0 unspecified atom stereocenters. The van der Waals surface area contributed by atoms with E-state index < -0.39 is 0 Å². The maximum absolute atomic E-state index is 9.58. The molecule has 3 aromatic rings. The van der Waals surface area contributed by atoms with Gasteiger partial charge in [-0.1, -0.05) is 6.07 Å². The molecule has 1 aromatic carbocycles. The molecular formula is C14H13N3OS. The Balaban J connectivity index is 1.90. The van der Waals surface area contributed by atoms with E-state index in [0.717, 1.165) is 27.3 Å². The van der Waals surface area contributed by atoms with Gasteiger partial charge in [-0.3, -0.25) is 0 Å². The molecule has 5 heteroatoms. The number of thiazole rings is 1. The Morgan fingerprint density at radius 2 is 2.21 bits per heavy atom. The SMILES string of the molecule is Cc1nc(CNc2nccc3ccc(O)cc23)cs1. The smallest absolute Gasteiger partial charge is 0.134 e. The van der Waals surface area contributed by atoms with Crippen LogP contribution in [0.4, 0.5) is 5.82 Å². The lowest BCUT2D eigenvalue weighted by Crippen LogP contribution is -2.02. The van der Waals surface area contributed by atoms with Crippen LogP contribution in [0.15, 0.2) is 35.8 Å². The summed E-state index contributed by atoms with van der Waals surface area (Å²) in [7, 11) is 0. The molecule has 0 fully saturated rings. The Morgan fingerprint density at radius 1 is 1.32 bits per heavy atom. The first-order chi connectivity index (χ1) is 9.22. The molecule has 3 rings (SSSR count). The number of aromatic nitrogens is 2. The van der Waals surface area contributed by atoms with Gasteiger partial charge in [-0.2, -0.15) is 0 Å². The van der Waals surface area contributed by atoms with Gasteiger partial charge in [0.1, 0.15) is 11.6 Å². The normalized spacial score (nSPS) is 10.8. The highest BCUT2D eigenvalue weighted by atomic mass is 32.1. The van der Waals surface area contributed by atoms with Gasteiger partial charge < -0.3 is 10.4 Å². The Bertz CT molecular complexity index is 724. The minimum atomic E-state index is 0.244. The Hall–Kier alpha value is -2.14. The lowest BCUT2D eigenvalue weighted by Gasteiger charge is -2.07. The van der Waals surface area contributed by atoms with Crippen LogP contribution in [0.25, 0.3) is 10.8 Å². The summed E-state index contributed by atoms with van der Waals surface area (Å²) in [5, 5.41) is 17.9. The summed E-state index contributed by atoms with van der Waals surface area (Å²) in [5.41, 5.74) is 1.00. The van der Waals surface area contributed by atoms with Crippen molar-refractivity contribution in [2.75, 3.05) is 5.32 Å². The second-order valence-corrected chi connectivity index (χ2v) is 5.34. The predicted molar refractivity (Wildman–Crippen MR) is 77.6 cm³/mol. The maximum Gasteiger partial charge on any atom is 0.134 e. The third-order valence-corrected chi connectivity index (χ3v) is 3.68. The van der Waals surface area contributed by atoms with E-state index in [4.69, 9.17) is 0 Å². The number of nitrogens with zero attached hydrogens (tertiary/aromatic N) is 2. The second-order valence-electron chi connectivity index (χ2n) is 4.28. The molecule has 2 heterocycles. The first kappa shape index (κ1) is 11.9. The number of hydrogen-bond acceptors (Lipinski definition) is 5. The summed E-state index contributed by atoms with van der Waals surface area (Å²) in [4.78, 5) is 8.73. The van der Waals surface area contributed by atoms with Crippen molar-refractivity contribution in [1.82, 2.24) is 9.97 Å². The number of benzene rings is 1. The van der Waals surface area contributed by atoms with Crippen molar-refractivity contribution in [2.24, 2.45) is 0 Å². The summed E-state index contributed by atoms with van der Waals surface area (Å²) < 4.78 is 0. The molecule has 0 amide bonds. The monoisotopic (exact) mass is 271 g/mol. The summed E-state index contributed by atoms with van der Waals surface area (Å²) in [6, 6.07) is 7.20. The Kier molecular flexibility index (Phi) is 3.05. The molecule has 0 aliphatic heterocycles. The fourth-order valence-corrected chi connectivity index (χ4v) is 2.57. The number of nitrogens with one attached hydrogen (secondary N) is 1. The first-order valence-corrected chi connectivity index (χ1v) is 6.83. The number of fused-ring (bicyclic) bond motifs is 1. The van der Waals surface area contributed by atoms with E-state index in [0.29, 0.717) is 6.54 Å². The van der Waals surface area contributed by atoms with Crippen LogP contribution in [-0.4, -0.2) is 15.1 Å². The van der Waals surface area contributed by atoms with E-state index in [-0.39, 0.29) is 5.75 Å². The van der Waals surface area contributed by atoms with Crippen molar-refractivity contribution in [1.29, 1.82) is 0 Å². The van der Waals surface area contributed by atoms with Crippen molar-refractivity contribution in [3.8, 4) is 5.75 Å². The number of rotatable bonds is 3. The fourth-order valence-electron chi connectivity index (χ4n) is 1.96. The summed E-state index contributed by atoms with van der Waals surface area (Å²) in [6.07, 6.45) is 1.76. The summed E-state index contributed by atoms with van der Waals surface area (Å²) in [5.74, 6) is 1.01. The highest BCUT2D eigenvalue weighted by Gasteiger charge is 2.04. The number of phenolic OH excluding ortho intramolecular Hbond substituents is 1. The summed E-state index contributed by atoms with van der Waals surface area (Å²) in [6.45, 7) is 2.62. The molecule has 0 saturated carbocycles. The van der Waals surface area contributed by atoms with Crippen LogP contribution in [0.3, 0.4) is 0 Å². The topological polar surface area (TPSA) is 58.0 Å². The minimum Gasteiger partial charge on any atom is -0.508 e. The number of pyridine rings is 1. The summed E-state index contributed by atoms with van der Waals surface area (Å²) >= 11 is 1.63. The van der Waals surface area contributed by atoms with E-state index in [1.165, 1.54) is 0 Å². The van der Waals surface area contributed by atoms with Gasteiger partial charge in [0.15, 0.2) is 0 Å². The van der Waals surface area contributed by atoms with Crippen molar-refractivity contribution < 1.29 is 5.11 Å². The fraction of sp³-hybridized carbons (Fsp3) is 0.143. The van der Waals surface area contributed by atoms with Crippen LogP contribution in [0, 0.1) is 6.92 Å². The zero-order valence-electron chi connectivity index (χ0n) is 10.4. The molecule has 2 aromatic heterocycles. The molecule has 0 radical (unpaired) electrons. The quantitative estimate of drug-likeness (QED) is 0.767.